The van der Waals surface area contributed by atoms with Crippen molar-refractivity contribution in [3.63, 3.8) is 0 Å². The Morgan fingerprint density at radius 1 is 1.12 bits per heavy atom. The van der Waals surface area contributed by atoms with Gasteiger partial charge in [0.25, 0.3) is 5.91 Å². The molecule has 2 aliphatic heterocycles. The molecule has 144 valence electrons. The monoisotopic (exact) mass is 383 g/mol. The topological polar surface area (TPSA) is 71.1 Å². The molecule has 8 heteroatoms. The number of nitrogens with zero attached hydrogens (tertiary/aromatic N) is 2. The summed E-state index contributed by atoms with van der Waals surface area (Å²) in [4.78, 5) is 28.8. The van der Waals surface area contributed by atoms with E-state index in [0.29, 0.717) is 44.9 Å². The van der Waals surface area contributed by atoms with Crippen molar-refractivity contribution in [2.75, 3.05) is 46.4 Å². The zero-order valence-corrected chi connectivity index (χ0v) is 16.0. The van der Waals surface area contributed by atoms with Gasteiger partial charge in [-0.2, -0.15) is 0 Å². The second kappa shape index (κ2) is 9.21. The van der Waals surface area contributed by atoms with Crippen LogP contribution in [0, 0.1) is 0 Å². The van der Waals surface area contributed by atoms with Crippen LogP contribution in [0.15, 0.2) is 24.3 Å². The molecule has 2 saturated heterocycles. The van der Waals surface area contributed by atoms with E-state index in [0.717, 1.165) is 5.75 Å². The number of carbonyl (C=O) groups is 2. The Balaban J connectivity index is 0.00000243. The predicted octanol–water partition coefficient (Wildman–Crippen LogP) is 0.778. The minimum Gasteiger partial charge on any atom is -0.497 e. The first-order valence-corrected chi connectivity index (χ1v) is 8.67. The maximum atomic E-state index is 12.6. The van der Waals surface area contributed by atoms with Crippen LogP contribution in [0.3, 0.4) is 0 Å². The van der Waals surface area contributed by atoms with Crippen molar-refractivity contribution in [3.05, 3.63) is 29.8 Å². The highest BCUT2D eigenvalue weighted by atomic mass is 35.5. The zero-order valence-electron chi connectivity index (χ0n) is 15.1. The number of carbonyl (C=O) groups excluding carboxylic acids is 2. The van der Waals surface area contributed by atoms with Crippen LogP contribution in [-0.4, -0.2) is 80.2 Å². The summed E-state index contributed by atoms with van der Waals surface area (Å²) in [6.07, 6.45) is -0.125. The molecule has 2 fully saturated rings. The number of morpholine rings is 1. The number of methoxy groups -OCH3 is 1. The summed E-state index contributed by atoms with van der Waals surface area (Å²) in [6.45, 7) is 5.41. The molecular weight excluding hydrogens is 358 g/mol. The summed E-state index contributed by atoms with van der Waals surface area (Å²) in [5.41, 5.74) is 0.636. The van der Waals surface area contributed by atoms with Gasteiger partial charge in [0.2, 0.25) is 5.91 Å². The van der Waals surface area contributed by atoms with Crippen molar-refractivity contribution in [1.29, 1.82) is 0 Å². The van der Waals surface area contributed by atoms with Gasteiger partial charge < -0.3 is 24.6 Å². The highest BCUT2D eigenvalue weighted by Crippen LogP contribution is 2.15. The summed E-state index contributed by atoms with van der Waals surface area (Å²) >= 11 is 0. The van der Waals surface area contributed by atoms with E-state index in [9.17, 15) is 9.59 Å². The third-order valence-electron chi connectivity index (χ3n) is 4.80. The minimum absolute atomic E-state index is 0. The zero-order chi connectivity index (χ0) is 17.8. The van der Waals surface area contributed by atoms with Gasteiger partial charge in [0, 0.05) is 38.3 Å². The standard InChI is InChI=1S/C18H25N3O4.ClH/c1-13-16(19-7-12-25-13)18(23)21-10-8-20(9-11-21)17(22)14-3-5-15(24-2)6-4-14;/h3-6,13,16,19H,7-12H2,1-2H3;1H/t13-,16+;/m1./s1. The second-order valence-electron chi connectivity index (χ2n) is 6.35. The molecule has 0 saturated carbocycles. The first kappa shape index (κ1) is 20.5. The lowest BCUT2D eigenvalue weighted by Crippen LogP contribution is -2.60. The third kappa shape index (κ3) is 4.47. The lowest BCUT2D eigenvalue weighted by molar-refractivity contribution is -0.140. The third-order valence-corrected chi connectivity index (χ3v) is 4.80. The van der Waals surface area contributed by atoms with Gasteiger partial charge >= 0.3 is 0 Å². The van der Waals surface area contributed by atoms with Crippen LogP contribution in [0.5, 0.6) is 5.75 Å². The summed E-state index contributed by atoms with van der Waals surface area (Å²) in [5, 5.41) is 3.23. The SMILES string of the molecule is COc1ccc(C(=O)N2CCN(C(=O)[C@H]3NCCO[C@@H]3C)CC2)cc1.Cl. The highest BCUT2D eigenvalue weighted by Gasteiger charge is 2.34. The molecule has 0 radical (unpaired) electrons. The van der Waals surface area contributed by atoms with E-state index < -0.39 is 0 Å². The molecular formula is C18H26ClN3O4. The Kier molecular flexibility index (Phi) is 7.25. The molecule has 0 aromatic heterocycles. The van der Waals surface area contributed by atoms with Gasteiger partial charge in [-0.25, -0.2) is 0 Å². The van der Waals surface area contributed by atoms with E-state index in [2.05, 4.69) is 5.32 Å². The maximum Gasteiger partial charge on any atom is 0.253 e. The van der Waals surface area contributed by atoms with Gasteiger partial charge in [0.15, 0.2) is 0 Å². The van der Waals surface area contributed by atoms with Crippen LogP contribution in [-0.2, 0) is 9.53 Å². The minimum atomic E-state index is -0.294. The number of nitrogens with one attached hydrogen (secondary N) is 1. The number of ether oxygens (including phenoxy) is 2. The van der Waals surface area contributed by atoms with E-state index >= 15 is 0 Å². The number of hydrogen-bond acceptors (Lipinski definition) is 5. The molecule has 26 heavy (non-hydrogen) atoms. The van der Waals surface area contributed by atoms with Crippen LogP contribution in [0.4, 0.5) is 0 Å². The van der Waals surface area contributed by atoms with Gasteiger partial charge in [-0.3, -0.25) is 9.59 Å². The first-order valence-electron chi connectivity index (χ1n) is 8.67. The predicted molar refractivity (Wildman–Crippen MR) is 99.9 cm³/mol. The largest absolute Gasteiger partial charge is 0.497 e. The fourth-order valence-electron chi connectivity index (χ4n) is 3.25. The van der Waals surface area contributed by atoms with Crippen molar-refractivity contribution in [2.45, 2.75) is 19.1 Å². The van der Waals surface area contributed by atoms with Crippen LogP contribution >= 0.6 is 12.4 Å². The molecule has 0 spiro atoms. The summed E-state index contributed by atoms with van der Waals surface area (Å²) in [5.74, 6) is 0.772. The molecule has 2 heterocycles. The van der Waals surface area contributed by atoms with E-state index in [1.165, 1.54) is 0 Å². The second-order valence-corrected chi connectivity index (χ2v) is 6.35. The average Bonchev–Trinajstić information content (AvgIpc) is 2.67. The lowest BCUT2D eigenvalue weighted by Gasteiger charge is -2.38. The van der Waals surface area contributed by atoms with Gasteiger partial charge in [0.1, 0.15) is 11.8 Å². The van der Waals surface area contributed by atoms with E-state index in [4.69, 9.17) is 9.47 Å². The molecule has 0 unspecified atom stereocenters. The van der Waals surface area contributed by atoms with Crippen molar-refractivity contribution in [3.8, 4) is 5.75 Å². The van der Waals surface area contributed by atoms with Crippen LogP contribution in [0.2, 0.25) is 0 Å². The molecule has 2 atom stereocenters. The molecule has 1 aromatic rings. The quantitative estimate of drug-likeness (QED) is 0.835. The Hall–Kier alpha value is -1.83. The molecule has 1 N–H and O–H groups in total. The van der Waals surface area contributed by atoms with E-state index in [-0.39, 0.29) is 36.4 Å². The van der Waals surface area contributed by atoms with Gasteiger partial charge in [-0.15, -0.1) is 12.4 Å². The van der Waals surface area contributed by atoms with Gasteiger partial charge in [-0.1, -0.05) is 0 Å². The Bertz CT molecular complexity index is 617. The Morgan fingerprint density at radius 3 is 2.31 bits per heavy atom. The van der Waals surface area contributed by atoms with Crippen molar-refractivity contribution in [2.24, 2.45) is 0 Å². The van der Waals surface area contributed by atoms with Crippen LogP contribution in [0.1, 0.15) is 17.3 Å². The number of piperazine rings is 1. The molecule has 3 rings (SSSR count). The number of benzene rings is 1. The van der Waals surface area contributed by atoms with Crippen molar-refractivity contribution < 1.29 is 19.1 Å². The summed E-state index contributed by atoms with van der Waals surface area (Å²) < 4.78 is 10.7. The molecule has 7 nitrogen and oxygen atoms in total. The van der Waals surface area contributed by atoms with Gasteiger partial charge in [-0.05, 0) is 31.2 Å². The molecule has 0 bridgehead atoms. The molecule has 2 aliphatic rings. The molecule has 1 aromatic carbocycles. The number of amides is 2. The van der Waals surface area contributed by atoms with Crippen molar-refractivity contribution in [1.82, 2.24) is 15.1 Å². The fourth-order valence-corrected chi connectivity index (χ4v) is 3.25. The fraction of sp³-hybridized carbons (Fsp3) is 0.556. The Morgan fingerprint density at radius 2 is 1.73 bits per heavy atom. The number of hydrogen-bond donors (Lipinski definition) is 1. The number of halogens is 1. The normalized spacial score (nSPS) is 23.2. The van der Waals surface area contributed by atoms with Gasteiger partial charge in [0.05, 0.1) is 19.8 Å². The van der Waals surface area contributed by atoms with Crippen LogP contribution in [0.25, 0.3) is 0 Å². The molecule has 2 amide bonds. The Labute approximate surface area is 160 Å². The summed E-state index contributed by atoms with van der Waals surface area (Å²) in [6, 6.07) is 6.80. The highest BCUT2D eigenvalue weighted by molar-refractivity contribution is 5.94. The van der Waals surface area contributed by atoms with Crippen molar-refractivity contribution >= 4 is 24.2 Å². The summed E-state index contributed by atoms with van der Waals surface area (Å²) in [7, 11) is 1.60. The smallest absolute Gasteiger partial charge is 0.253 e. The lowest BCUT2D eigenvalue weighted by atomic mass is 10.1. The maximum absolute atomic E-state index is 12.6. The number of rotatable bonds is 3. The first-order chi connectivity index (χ1) is 12.1. The average molecular weight is 384 g/mol. The van der Waals surface area contributed by atoms with E-state index in [1.54, 1.807) is 36.3 Å². The van der Waals surface area contributed by atoms with E-state index in [1.807, 2.05) is 11.8 Å². The van der Waals surface area contributed by atoms with Crippen LogP contribution < -0.4 is 10.1 Å². The molecule has 0 aliphatic carbocycles.